The van der Waals surface area contributed by atoms with Gasteiger partial charge < -0.3 is 14.6 Å². The molecule has 1 fully saturated rings. The molecular formula is C18H24BrNO5. The van der Waals surface area contributed by atoms with Crippen molar-refractivity contribution < 1.29 is 24.2 Å². The Bertz CT molecular complexity index is 655. The number of aryl methyl sites for hydroxylation is 1. The van der Waals surface area contributed by atoms with Crippen LogP contribution in [-0.2, 0) is 16.0 Å². The molecule has 1 aliphatic heterocycles. The molecule has 2 unspecified atom stereocenters. The van der Waals surface area contributed by atoms with E-state index in [2.05, 4.69) is 22.9 Å². The first-order valence-corrected chi connectivity index (χ1v) is 9.07. The molecule has 1 N–H and O–H groups in total. The number of likely N-dealkylation sites (tertiary alicyclic amines) is 1. The van der Waals surface area contributed by atoms with Crippen LogP contribution in [0, 0.1) is 0 Å². The van der Waals surface area contributed by atoms with E-state index in [1.165, 1.54) is 10.5 Å². The average molecular weight is 414 g/mol. The van der Waals surface area contributed by atoms with Crippen LogP contribution >= 0.6 is 15.9 Å². The normalized spacial score (nSPS) is 20.4. The third-order valence-electron chi connectivity index (χ3n) is 3.87. The highest BCUT2D eigenvalue weighted by Crippen LogP contribution is 2.31. The first-order valence-electron chi connectivity index (χ1n) is 8.28. The van der Waals surface area contributed by atoms with E-state index in [9.17, 15) is 14.7 Å². The van der Waals surface area contributed by atoms with Crippen LogP contribution in [-0.4, -0.2) is 46.4 Å². The maximum absolute atomic E-state index is 12.3. The van der Waals surface area contributed by atoms with Gasteiger partial charge in [0, 0.05) is 6.42 Å². The molecular weight excluding hydrogens is 390 g/mol. The van der Waals surface area contributed by atoms with Gasteiger partial charge in [-0.1, -0.05) is 13.0 Å². The van der Waals surface area contributed by atoms with E-state index in [0.717, 1.165) is 10.9 Å². The number of nitrogens with zero attached hydrogens (tertiary/aromatic N) is 1. The van der Waals surface area contributed by atoms with Crippen molar-refractivity contribution in [3.8, 4) is 5.75 Å². The van der Waals surface area contributed by atoms with E-state index in [0.29, 0.717) is 5.75 Å². The number of hydrogen-bond acceptors (Lipinski definition) is 4. The van der Waals surface area contributed by atoms with Crippen LogP contribution < -0.4 is 4.74 Å². The van der Waals surface area contributed by atoms with Gasteiger partial charge in [0.15, 0.2) is 0 Å². The number of halogens is 1. The first-order chi connectivity index (χ1) is 11.6. The molecule has 0 spiro atoms. The summed E-state index contributed by atoms with van der Waals surface area (Å²) in [5, 5.41) is 9.42. The summed E-state index contributed by atoms with van der Waals surface area (Å²) in [7, 11) is 0. The molecule has 1 aliphatic rings. The zero-order chi connectivity index (χ0) is 18.8. The molecule has 6 nitrogen and oxygen atoms in total. The van der Waals surface area contributed by atoms with Crippen molar-refractivity contribution in [1.82, 2.24) is 4.90 Å². The molecule has 1 amide bonds. The molecule has 0 aliphatic carbocycles. The van der Waals surface area contributed by atoms with Crippen molar-refractivity contribution in [2.24, 2.45) is 0 Å². The Hall–Kier alpha value is -1.76. The van der Waals surface area contributed by atoms with Crippen molar-refractivity contribution in [2.45, 2.75) is 58.3 Å². The summed E-state index contributed by atoms with van der Waals surface area (Å²) in [6, 6.07) is 4.85. The minimum absolute atomic E-state index is 0.174. The Morgan fingerprint density at radius 3 is 2.56 bits per heavy atom. The summed E-state index contributed by atoms with van der Waals surface area (Å²) in [4.78, 5) is 25.0. The molecule has 1 aromatic carbocycles. The number of amides is 1. The fraction of sp³-hybridized carbons (Fsp3) is 0.556. The summed E-state index contributed by atoms with van der Waals surface area (Å²) in [5.74, 6) is -0.422. The quantitative estimate of drug-likeness (QED) is 0.810. The summed E-state index contributed by atoms with van der Waals surface area (Å²) in [6.45, 7) is 7.48. The Morgan fingerprint density at radius 2 is 2.04 bits per heavy atom. The van der Waals surface area contributed by atoms with Gasteiger partial charge in [-0.25, -0.2) is 9.59 Å². The summed E-state index contributed by atoms with van der Waals surface area (Å²) in [5.41, 5.74) is 0.488. The second kappa shape index (κ2) is 7.64. The zero-order valence-electron chi connectivity index (χ0n) is 14.9. The largest absolute Gasteiger partial charge is 0.487 e. The van der Waals surface area contributed by atoms with Gasteiger partial charge in [0.1, 0.15) is 23.5 Å². The summed E-state index contributed by atoms with van der Waals surface area (Å²) in [6.07, 6.45) is 0.0932. The molecule has 0 aromatic heterocycles. The van der Waals surface area contributed by atoms with Gasteiger partial charge >= 0.3 is 12.1 Å². The van der Waals surface area contributed by atoms with E-state index in [4.69, 9.17) is 9.47 Å². The van der Waals surface area contributed by atoms with Crippen LogP contribution in [0.15, 0.2) is 22.7 Å². The van der Waals surface area contributed by atoms with E-state index in [1.807, 2.05) is 18.2 Å². The van der Waals surface area contributed by atoms with Crippen LogP contribution in [0.5, 0.6) is 5.75 Å². The number of hydrogen-bond donors (Lipinski definition) is 1. The number of rotatable bonds is 4. The first kappa shape index (κ1) is 19.6. The van der Waals surface area contributed by atoms with Gasteiger partial charge in [-0.2, -0.15) is 0 Å². The van der Waals surface area contributed by atoms with E-state index < -0.39 is 29.8 Å². The number of carbonyl (C=O) groups excluding carboxylic acids is 1. The predicted molar refractivity (Wildman–Crippen MR) is 96.9 cm³/mol. The van der Waals surface area contributed by atoms with E-state index in [1.54, 1.807) is 20.8 Å². The van der Waals surface area contributed by atoms with Crippen molar-refractivity contribution in [3.63, 3.8) is 0 Å². The predicted octanol–water partition coefficient (Wildman–Crippen LogP) is 3.85. The lowest BCUT2D eigenvalue weighted by Crippen LogP contribution is -2.43. The van der Waals surface area contributed by atoms with Crippen LogP contribution in [0.4, 0.5) is 4.79 Å². The smallest absolute Gasteiger partial charge is 0.411 e. The highest BCUT2D eigenvalue weighted by atomic mass is 79.9. The summed E-state index contributed by atoms with van der Waals surface area (Å²) >= 11 is 3.48. The van der Waals surface area contributed by atoms with Crippen molar-refractivity contribution >= 4 is 28.0 Å². The number of ether oxygens (including phenoxy) is 2. The fourth-order valence-corrected chi connectivity index (χ4v) is 3.20. The highest BCUT2D eigenvalue weighted by molar-refractivity contribution is 9.10. The number of benzene rings is 1. The molecule has 1 aromatic rings. The SMILES string of the molecule is CCc1ccc(OC2CC(C(=O)O)N(C(=O)OC(C)(C)C)C2)c(Br)c1. The number of carbonyl (C=O) groups is 2. The maximum Gasteiger partial charge on any atom is 0.411 e. The monoisotopic (exact) mass is 413 g/mol. The van der Waals surface area contributed by atoms with Crippen molar-refractivity contribution in [1.29, 1.82) is 0 Å². The topological polar surface area (TPSA) is 76.1 Å². The van der Waals surface area contributed by atoms with E-state index >= 15 is 0 Å². The lowest BCUT2D eigenvalue weighted by Gasteiger charge is -2.26. The highest BCUT2D eigenvalue weighted by Gasteiger charge is 2.42. The van der Waals surface area contributed by atoms with Crippen molar-refractivity contribution in [3.05, 3.63) is 28.2 Å². The molecule has 0 bridgehead atoms. The van der Waals surface area contributed by atoms with Gasteiger partial charge in [-0.3, -0.25) is 4.90 Å². The van der Waals surface area contributed by atoms with Gasteiger partial charge in [0.05, 0.1) is 11.0 Å². The van der Waals surface area contributed by atoms with Crippen LogP contribution in [0.3, 0.4) is 0 Å². The Labute approximate surface area is 156 Å². The minimum atomic E-state index is -1.06. The Morgan fingerprint density at radius 1 is 1.36 bits per heavy atom. The number of aliphatic carboxylic acids is 1. The molecule has 1 heterocycles. The van der Waals surface area contributed by atoms with Crippen LogP contribution in [0.2, 0.25) is 0 Å². The van der Waals surface area contributed by atoms with Gasteiger partial charge in [0.25, 0.3) is 0 Å². The Kier molecular flexibility index (Phi) is 5.98. The molecule has 25 heavy (non-hydrogen) atoms. The summed E-state index contributed by atoms with van der Waals surface area (Å²) < 4.78 is 12.1. The lowest BCUT2D eigenvalue weighted by atomic mass is 10.1. The van der Waals surface area contributed by atoms with Gasteiger partial charge in [-0.05, 0) is 60.8 Å². The number of carboxylic acid groups (broad SMARTS) is 1. The molecule has 0 saturated carbocycles. The molecule has 0 radical (unpaired) electrons. The van der Waals surface area contributed by atoms with Crippen LogP contribution in [0.1, 0.15) is 39.7 Å². The average Bonchev–Trinajstić information content (AvgIpc) is 2.92. The maximum atomic E-state index is 12.3. The van der Waals surface area contributed by atoms with Crippen molar-refractivity contribution in [2.75, 3.05) is 6.54 Å². The standard InChI is InChI=1S/C18H24BrNO5/c1-5-11-6-7-15(13(19)8-11)24-12-9-14(16(21)22)20(10-12)17(23)25-18(2,3)4/h6-8,12,14H,5,9-10H2,1-4H3,(H,21,22). The van der Waals surface area contributed by atoms with Crippen LogP contribution in [0.25, 0.3) is 0 Å². The lowest BCUT2D eigenvalue weighted by molar-refractivity contribution is -0.142. The Balaban J connectivity index is 2.11. The minimum Gasteiger partial charge on any atom is -0.487 e. The third kappa shape index (κ3) is 5.11. The second-order valence-corrected chi connectivity index (χ2v) is 7.93. The molecule has 1 saturated heterocycles. The van der Waals surface area contributed by atoms with Gasteiger partial charge in [0.2, 0.25) is 0 Å². The molecule has 2 atom stereocenters. The molecule has 138 valence electrons. The molecule has 7 heteroatoms. The van der Waals surface area contributed by atoms with Gasteiger partial charge in [-0.15, -0.1) is 0 Å². The molecule has 2 rings (SSSR count). The zero-order valence-corrected chi connectivity index (χ0v) is 16.5. The second-order valence-electron chi connectivity index (χ2n) is 7.08. The van der Waals surface area contributed by atoms with E-state index in [-0.39, 0.29) is 13.0 Å². The third-order valence-corrected chi connectivity index (χ3v) is 4.49. The fourth-order valence-electron chi connectivity index (χ4n) is 2.68. The number of carboxylic acids is 1.